The molecular weight excluding hydrogens is 364 g/mol. The minimum absolute atomic E-state index is 0.0327. The van der Waals surface area contributed by atoms with Gasteiger partial charge in [0.05, 0.1) is 6.61 Å². The van der Waals surface area contributed by atoms with Crippen LogP contribution in [0.4, 0.5) is 5.69 Å². The van der Waals surface area contributed by atoms with Crippen molar-refractivity contribution in [1.82, 2.24) is 0 Å². The SMILES string of the molecule is C=CCOC(=O)C1=C(C)OC(=O)[C@@]12C(C(=O)OCC)=C(N)Nc1ccccc12. The number of esters is 3. The number of cyclic esters (lactones) is 1. The summed E-state index contributed by atoms with van der Waals surface area (Å²) in [5.41, 5.74) is 4.72. The molecule has 28 heavy (non-hydrogen) atoms. The molecule has 2 aliphatic heterocycles. The Kier molecular flexibility index (Phi) is 4.96. The minimum Gasteiger partial charge on any atom is -0.462 e. The fraction of sp³-hybridized carbons (Fsp3) is 0.250. The molecule has 1 atom stereocenters. The maximum absolute atomic E-state index is 13.2. The van der Waals surface area contributed by atoms with Gasteiger partial charge in [-0.25, -0.2) is 14.4 Å². The summed E-state index contributed by atoms with van der Waals surface area (Å²) < 4.78 is 15.6. The first-order valence-electron chi connectivity index (χ1n) is 8.65. The molecule has 3 N–H and O–H groups in total. The Hall–Kier alpha value is -3.55. The predicted octanol–water partition coefficient (Wildman–Crippen LogP) is 1.64. The number of hydrogen-bond donors (Lipinski definition) is 2. The van der Waals surface area contributed by atoms with Gasteiger partial charge in [-0.05, 0) is 19.9 Å². The standard InChI is InChI=1S/C20H20N2O6/c1-4-10-27-17(23)14-11(3)28-19(25)20(14)12-8-6-7-9-13(12)22-16(21)15(20)18(24)26-5-2/h4,6-9,22H,1,5,10,21H2,2-3H3/t20-/m1/s1. The number of hydrogen-bond acceptors (Lipinski definition) is 8. The molecule has 2 aliphatic rings. The molecule has 0 radical (unpaired) electrons. The molecule has 8 nitrogen and oxygen atoms in total. The zero-order chi connectivity index (χ0) is 20.5. The van der Waals surface area contributed by atoms with Gasteiger partial charge in [0.25, 0.3) is 0 Å². The first-order valence-corrected chi connectivity index (χ1v) is 8.65. The van der Waals surface area contributed by atoms with Crippen LogP contribution in [0.1, 0.15) is 19.4 Å². The van der Waals surface area contributed by atoms with Crippen LogP contribution in [0.25, 0.3) is 0 Å². The molecule has 3 rings (SSSR count). The third kappa shape index (κ3) is 2.65. The van der Waals surface area contributed by atoms with Gasteiger partial charge in [-0.3, -0.25) is 0 Å². The summed E-state index contributed by atoms with van der Waals surface area (Å²) in [6.45, 7) is 6.57. The average Bonchev–Trinajstić information content (AvgIpc) is 2.90. The van der Waals surface area contributed by atoms with Crippen LogP contribution in [-0.4, -0.2) is 31.1 Å². The monoisotopic (exact) mass is 384 g/mol. The number of carbonyl (C=O) groups excluding carboxylic acids is 3. The second-order valence-corrected chi connectivity index (χ2v) is 6.14. The van der Waals surface area contributed by atoms with E-state index in [1.54, 1.807) is 31.2 Å². The Balaban J connectivity index is 2.33. The number of anilines is 1. The van der Waals surface area contributed by atoms with Crippen LogP contribution < -0.4 is 11.1 Å². The van der Waals surface area contributed by atoms with Crippen molar-refractivity contribution < 1.29 is 28.6 Å². The van der Waals surface area contributed by atoms with E-state index in [9.17, 15) is 14.4 Å². The Morgan fingerprint density at radius 3 is 2.61 bits per heavy atom. The van der Waals surface area contributed by atoms with Crippen LogP contribution in [0.2, 0.25) is 0 Å². The first-order chi connectivity index (χ1) is 13.4. The van der Waals surface area contributed by atoms with Gasteiger partial charge < -0.3 is 25.3 Å². The molecule has 0 aliphatic carbocycles. The third-order valence-corrected chi connectivity index (χ3v) is 4.54. The highest BCUT2D eigenvalue weighted by Gasteiger charge is 2.62. The van der Waals surface area contributed by atoms with Gasteiger partial charge in [0.15, 0.2) is 5.41 Å². The topological polar surface area (TPSA) is 117 Å². The molecule has 0 saturated carbocycles. The van der Waals surface area contributed by atoms with E-state index >= 15 is 0 Å². The van der Waals surface area contributed by atoms with Crippen molar-refractivity contribution in [1.29, 1.82) is 0 Å². The molecule has 0 amide bonds. The molecule has 0 fully saturated rings. The number of fused-ring (bicyclic) bond motifs is 2. The predicted molar refractivity (Wildman–Crippen MR) is 99.5 cm³/mol. The van der Waals surface area contributed by atoms with Crippen LogP contribution in [0.15, 0.2) is 59.6 Å². The number of allylic oxidation sites excluding steroid dienone is 1. The lowest BCUT2D eigenvalue weighted by molar-refractivity contribution is -0.147. The number of nitrogens with one attached hydrogen (secondary N) is 1. The summed E-state index contributed by atoms with van der Waals surface area (Å²) in [6.07, 6.45) is 1.39. The highest BCUT2D eigenvalue weighted by Crippen LogP contribution is 2.52. The number of rotatable bonds is 5. The van der Waals surface area contributed by atoms with Crippen molar-refractivity contribution in [3.63, 3.8) is 0 Å². The Morgan fingerprint density at radius 1 is 1.25 bits per heavy atom. The van der Waals surface area contributed by atoms with E-state index in [0.717, 1.165) is 0 Å². The molecular formula is C20H20N2O6. The minimum atomic E-state index is -1.89. The lowest BCUT2D eigenvalue weighted by Crippen LogP contribution is -2.47. The van der Waals surface area contributed by atoms with Crippen molar-refractivity contribution in [2.45, 2.75) is 19.3 Å². The summed E-state index contributed by atoms with van der Waals surface area (Å²) in [7, 11) is 0. The Bertz CT molecular complexity index is 946. The van der Waals surface area contributed by atoms with Crippen molar-refractivity contribution in [2.75, 3.05) is 18.5 Å². The molecule has 146 valence electrons. The lowest BCUT2D eigenvalue weighted by atomic mass is 9.67. The fourth-order valence-electron chi connectivity index (χ4n) is 3.54. The average molecular weight is 384 g/mol. The second kappa shape index (κ2) is 7.22. The van der Waals surface area contributed by atoms with Crippen LogP contribution >= 0.6 is 0 Å². The number of para-hydroxylation sites is 1. The molecule has 1 aromatic carbocycles. The summed E-state index contributed by atoms with van der Waals surface area (Å²) in [5.74, 6) is -2.53. The maximum Gasteiger partial charge on any atom is 0.339 e. The Labute approximate surface area is 161 Å². The molecule has 0 aromatic heterocycles. The number of benzene rings is 1. The van der Waals surface area contributed by atoms with Crippen molar-refractivity contribution >= 4 is 23.6 Å². The quantitative estimate of drug-likeness (QED) is 0.447. The van der Waals surface area contributed by atoms with E-state index in [4.69, 9.17) is 19.9 Å². The second-order valence-electron chi connectivity index (χ2n) is 6.14. The van der Waals surface area contributed by atoms with Crippen LogP contribution in [0.5, 0.6) is 0 Å². The maximum atomic E-state index is 13.2. The van der Waals surface area contributed by atoms with Crippen molar-refractivity contribution in [3.8, 4) is 0 Å². The van der Waals surface area contributed by atoms with Gasteiger partial charge in [-0.15, -0.1) is 0 Å². The molecule has 1 aromatic rings. The summed E-state index contributed by atoms with van der Waals surface area (Å²) >= 11 is 0. The Morgan fingerprint density at radius 2 is 1.93 bits per heavy atom. The third-order valence-electron chi connectivity index (χ3n) is 4.54. The van der Waals surface area contributed by atoms with E-state index in [1.165, 1.54) is 13.0 Å². The van der Waals surface area contributed by atoms with Gasteiger partial charge in [-0.2, -0.15) is 0 Å². The van der Waals surface area contributed by atoms with Crippen molar-refractivity contribution in [2.24, 2.45) is 5.73 Å². The smallest absolute Gasteiger partial charge is 0.339 e. The first kappa shape index (κ1) is 19.2. The van der Waals surface area contributed by atoms with Gasteiger partial charge in [0.1, 0.15) is 29.3 Å². The summed E-state index contributed by atoms with van der Waals surface area (Å²) in [5, 5.41) is 2.90. The van der Waals surface area contributed by atoms with Crippen LogP contribution in [-0.2, 0) is 34.0 Å². The zero-order valence-electron chi connectivity index (χ0n) is 15.5. The van der Waals surface area contributed by atoms with Gasteiger partial charge in [0, 0.05) is 11.3 Å². The number of carbonyl (C=O) groups is 3. The molecule has 2 heterocycles. The molecule has 8 heteroatoms. The van der Waals surface area contributed by atoms with Gasteiger partial charge in [0.2, 0.25) is 0 Å². The zero-order valence-corrected chi connectivity index (χ0v) is 15.5. The molecule has 0 bridgehead atoms. The summed E-state index contributed by atoms with van der Waals surface area (Å²) in [6, 6.07) is 6.71. The summed E-state index contributed by atoms with van der Waals surface area (Å²) in [4.78, 5) is 38.9. The van der Waals surface area contributed by atoms with Gasteiger partial charge >= 0.3 is 17.9 Å². The lowest BCUT2D eigenvalue weighted by Gasteiger charge is -2.35. The van der Waals surface area contributed by atoms with E-state index < -0.39 is 23.3 Å². The number of nitrogens with two attached hydrogens (primary N) is 1. The van der Waals surface area contributed by atoms with Crippen molar-refractivity contribution in [3.05, 3.63) is 65.2 Å². The normalized spacial score (nSPS) is 20.4. The molecule has 1 spiro atoms. The molecule has 0 unspecified atom stereocenters. The molecule has 0 saturated heterocycles. The van der Waals surface area contributed by atoms with E-state index in [2.05, 4.69) is 11.9 Å². The van der Waals surface area contributed by atoms with Gasteiger partial charge in [-0.1, -0.05) is 30.9 Å². The van der Waals surface area contributed by atoms with E-state index in [0.29, 0.717) is 11.3 Å². The fourth-order valence-corrected chi connectivity index (χ4v) is 3.54. The van der Waals surface area contributed by atoms with E-state index in [1.807, 2.05) is 0 Å². The number of ether oxygens (including phenoxy) is 3. The largest absolute Gasteiger partial charge is 0.462 e. The van der Waals surface area contributed by atoms with Crippen LogP contribution in [0.3, 0.4) is 0 Å². The van der Waals surface area contributed by atoms with Crippen LogP contribution in [0, 0.1) is 0 Å². The van der Waals surface area contributed by atoms with E-state index in [-0.39, 0.29) is 35.9 Å². The highest BCUT2D eigenvalue weighted by atomic mass is 16.6. The highest BCUT2D eigenvalue weighted by molar-refractivity contribution is 6.15.